The Hall–Kier alpha value is -1.25. The Labute approximate surface area is 110 Å². The molecule has 3 nitrogen and oxygen atoms in total. The summed E-state index contributed by atoms with van der Waals surface area (Å²) in [5, 5.41) is 0. The fourth-order valence-corrected chi connectivity index (χ4v) is 2.03. The van der Waals surface area contributed by atoms with Crippen molar-refractivity contribution in [2.75, 3.05) is 7.11 Å². The SMILES string of the molecule is CCCCn1c(CCC(C)C)ccc1C(=O)OC. The summed E-state index contributed by atoms with van der Waals surface area (Å²) in [6.45, 7) is 7.51. The van der Waals surface area contributed by atoms with Crippen LogP contribution in [0.4, 0.5) is 0 Å². The average Bonchev–Trinajstić information content (AvgIpc) is 2.75. The third-order valence-corrected chi connectivity index (χ3v) is 3.18. The third-order valence-electron chi connectivity index (χ3n) is 3.18. The van der Waals surface area contributed by atoms with Gasteiger partial charge in [0.2, 0.25) is 0 Å². The summed E-state index contributed by atoms with van der Waals surface area (Å²) < 4.78 is 6.96. The number of hydrogen-bond acceptors (Lipinski definition) is 2. The fourth-order valence-electron chi connectivity index (χ4n) is 2.03. The number of esters is 1. The molecule has 0 aliphatic rings. The van der Waals surface area contributed by atoms with Crippen molar-refractivity contribution in [1.82, 2.24) is 4.57 Å². The number of aryl methyl sites for hydroxylation is 1. The van der Waals surface area contributed by atoms with E-state index in [-0.39, 0.29) is 5.97 Å². The zero-order valence-corrected chi connectivity index (χ0v) is 12.0. The van der Waals surface area contributed by atoms with Crippen LogP contribution in [0.15, 0.2) is 12.1 Å². The van der Waals surface area contributed by atoms with E-state index in [1.165, 1.54) is 12.8 Å². The zero-order valence-electron chi connectivity index (χ0n) is 12.0. The van der Waals surface area contributed by atoms with E-state index in [9.17, 15) is 4.79 Å². The molecule has 0 aliphatic carbocycles. The number of rotatable bonds is 7. The summed E-state index contributed by atoms with van der Waals surface area (Å²) >= 11 is 0. The minimum atomic E-state index is -0.234. The Morgan fingerprint density at radius 2 is 2.11 bits per heavy atom. The molecule has 0 fully saturated rings. The summed E-state index contributed by atoms with van der Waals surface area (Å²) in [5.74, 6) is 0.447. The molecule has 3 heteroatoms. The monoisotopic (exact) mass is 251 g/mol. The van der Waals surface area contributed by atoms with E-state index >= 15 is 0 Å². The molecule has 1 heterocycles. The first-order chi connectivity index (χ1) is 8.60. The summed E-state index contributed by atoms with van der Waals surface area (Å²) in [7, 11) is 1.44. The molecule has 1 rings (SSSR count). The highest BCUT2D eigenvalue weighted by atomic mass is 16.5. The van der Waals surface area contributed by atoms with Crippen LogP contribution in [0.5, 0.6) is 0 Å². The molecule has 0 amide bonds. The number of ether oxygens (including phenoxy) is 1. The highest BCUT2D eigenvalue weighted by molar-refractivity contribution is 5.87. The van der Waals surface area contributed by atoms with Gasteiger partial charge in [-0.3, -0.25) is 0 Å². The van der Waals surface area contributed by atoms with Crippen LogP contribution >= 0.6 is 0 Å². The summed E-state index contributed by atoms with van der Waals surface area (Å²) in [6.07, 6.45) is 4.39. The first kappa shape index (κ1) is 14.8. The predicted octanol–water partition coefficient (Wildman–Crippen LogP) is 3.66. The lowest BCUT2D eigenvalue weighted by Gasteiger charge is -2.13. The minimum Gasteiger partial charge on any atom is -0.464 e. The maximum atomic E-state index is 11.7. The fraction of sp³-hybridized carbons (Fsp3) is 0.667. The molecule has 1 aromatic heterocycles. The second kappa shape index (κ2) is 7.24. The largest absolute Gasteiger partial charge is 0.464 e. The number of carbonyl (C=O) groups excluding carboxylic acids is 1. The molecule has 0 saturated heterocycles. The summed E-state index contributed by atoms with van der Waals surface area (Å²) in [4.78, 5) is 11.7. The molecule has 18 heavy (non-hydrogen) atoms. The predicted molar refractivity (Wildman–Crippen MR) is 73.8 cm³/mol. The van der Waals surface area contributed by atoms with Gasteiger partial charge in [0.25, 0.3) is 0 Å². The number of nitrogens with zero attached hydrogens (tertiary/aromatic N) is 1. The van der Waals surface area contributed by atoms with Crippen molar-refractivity contribution in [1.29, 1.82) is 0 Å². The minimum absolute atomic E-state index is 0.234. The molecule has 1 aromatic rings. The van der Waals surface area contributed by atoms with Crippen LogP contribution in [-0.2, 0) is 17.7 Å². The standard InChI is InChI=1S/C15H25NO2/c1-5-6-11-16-13(8-7-12(2)3)9-10-14(16)15(17)18-4/h9-10,12H,5-8,11H2,1-4H3. The van der Waals surface area contributed by atoms with E-state index in [2.05, 4.69) is 31.4 Å². The number of hydrogen-bond donors (Lipinski definition) is 0. The molecule has 0 aromatic carbocycles. The Morgan fingerprint density at radius 1 is 1.39 bits per heavy atom. The molecule has 0 unspecified atom stereocenters. The normalized spacial score (nSPS) is 10.9. The average molecular weight is 251 g/mol. The van der Waals surface area contributed by atoms with Gasteiger partial charge in [0.1, 0.15) is 5.69 Å². The summed E-state index contributed by atoms with van der Waals surface area (Å²) in [6, 6.07) is 3.95. The molecule has 0 radical (unpaired) electrons. The van der Waals surface area contributed by atoms with E-state index < -0.39 is 0 Å². The van der Waals surface area contributed by atoms with Crippen LogP contribution in [0.1, 0.15) is 56.2 Å². The van der Waals surface area contributed by atoms with Crippen molar-refractivity contribution >= 4 is 5.97 Å². The molecular weight excluding hydrogens is 226 g/mol. The second-order valence-electron chi connectivity index (χ2n) is 5.14. The first-order valence-corrected chi connectivity index (χ1v) is 6.86. The van der Waals surface area contributed by atoms with E-state index in [0.717, 1.165) is 32.2 Å². The van der Waals surface area contributed by atoms with Crippen LogP contribution in [-0.4, -0.2) is 17.6 Å². The van der Waals surface area contributed by atoms with Gasteiger partial charge in [-0.15, -0.1) is 0 Å². The lowest BCUT2D eigenvalue weighted by Crippen LogP contribution is -2.13. The lowest BCUT2D eigenvalue weighted by atomic mass is 10.1. The second-order valence-corrected chi connectivity index (χ2v) is 5.14. The number of methoxy groups -OCH3 is 1. The van der Waals surface area contributed by atoms with E-state index in [4.69, 9.17) is 4.74 Å². The maximum absolute atomic E-state index is 11.7. The Bertz CT molecular complexity index is 380. The van der Waals surface area contributed by atoms with Crippen LogP contribution in [0, 0.1) is 5.92 Å². The number of unbranched alkanes of at least 4 members (excludes halogenated alkanes) is 1. The van der Waals surface area contributed by atoms with Gasteiger partial charge in [-0.2, -0.15) is 0 Å². The van der Waals surface area contributed by atoms with E-state index in [1.54, 1.807) is 0 Å². The molecule has 0 atom stereocenters. The molecule has 0 bridgehead atoms. The number of aromatic nitrogens is 1. The van der Waals surface area contributed by atoms with Crippen LogP contribution in [0.25, 0.3) is 0 Å². The Kier molecular flexibility index (Phi) is 5.96. The van der Waals surface area contributed by atoms with Gasteiger partial charge in [-0.25, -0.2) is 4.79 Å². The Morgan fingerprint density at radius 3 is 2.67 bits per heavy atom. The zero-order chi connectivity index (χ0) is 13.5. The molecule has 0 spiro atoms. The molecule has 0 N–H and O–H groups in total. The third kappa shape index (κ3) is 3.90. The van der Waals surface area contributed by atoms with E-state index in [0.29, 0.717) is 11.6 Å². The van der Waals surface area contributed by atoms with Gasteiger partial charge in [0.15, 0.2) is 0 Å². The van der Waals surface area contributed by atoms with Crippen molar-refractivity contribution in [2.45, 2.75) is 53.0 Å². The van der Waals surface area contributed by atoms with Gasteiger partial charge in [-0.1, -0.05) is 27.2 Å². The van der Waals surface area contributed by atoms with Crippen LogP contribution < -0.4 is 0 Å². The smallest absolute Gasteiger partial charge is 0.354 e. The van der Waals surface area contributed by atoms with Crippen molar-refractivity contribution in [3.8, 4) is 0 Å². The van der Waals surface area contributed by atoms with Crippen molar-refractivity contribution in [3.63, 3.8) is 0 Å². The van der Waals surface area contributed by atoms with Gasteiger partial charge < -0.3 is 9.30 Å². The van der Waals surface area contributed by atoms with Crippen molar-refractivity contribution in [2.24, 2.45) is 5.92 Å². The highest BCUT2D eigenvalue weighted by Gasteiger charge is 2.15. The molecular formula is C15H25NO2. The first-order valence-electron chi connectivity index (χ1n) is 6.86. The van der Waals surface area contributed by atoms with Crippen molar-refractivity contribution in [3.05, 3.63) is 23.5 Å². The van der Waals surface area contributed by atoms with Gasteiger partial charge in [0, 0.05) is 12.2 Å². The van der Waals surface area contributed by atoms with Crippen LogP contribution in [0.2, 0.25) is 0 Å². The topological polar surface area (TPSA) is 31.2 Å². The van der Waals surface area contributed by atoms with Gasteiger partial charge in [0.05, 0.1) is 7.11 Å². The van der Waals surface area contributed by atoms with Crippen molar-refractivity contribution < 1.29 is 9.53 Å². The summed E-state index contributed by atoms with van der Waals surface area (Å²) in [5.41, 5.74) is 1.93. The Balaban J connectivity index is 2.88. The van der Waals surface area contributed by atoms with Gasteiger partial charge >= 0.3 is 5.97 Å². The number of carbonyl (C=O) groups is 1. The quantitative estimate of drug-likeness (QED) is 0.692. The molecule has 0 saturated carbocycles. The van der Waals surface area contributed by atoms with Gasteiger partial charge in [-0.05, 0) is 37.3 Å². The molecule has 0 aliphatic heterocycles. The molecule has 102 valence electrons. The maximum Gasteiger partial charge on any atom is 0.354 e. The highest BCUT2D eigenvalue weighted by Crippen LogP contribution is 2.16. The van der Waals surface area contributed by atoms with Crippen LogP contribution in [0.3, 0.4) is 0 Å². The lowest BCUT2D eigenvalue weighted by molar-refractivity contribution is 0.0587. The van der Waals surface area contributed by atoms with E-state index in [1.807, 2.05) is 6.07 Å².